The Morgan fingerprint density at radius 3 is 2.67 bits per heavy atom. The number of carbonyl (C=O) groups is 1. The Hall–Kier alpha value is -3.13. The lowest BCUT2D eigenvalue weighted by atomic mass is 9.76. The van der Waals surface area contributed by atoms with Gasteiger partial charge in [-0.25, -0.2) is 0 Å². The second-order valence-corrected chi connectivity index (χ2v) is 7.77. The van der Waals surface area contributed by atoms with Crippen LogP contribution in [0.3, 0.4) is 0 Å². The molecule has 1 aliphatic carbocycles. The molecule has 5 rings (SSSR count). The van der Waals surface area contributed by atoms with E-state index in [-0.39, 0.29) is 11.7 Å². The van der Waals surface area contributed by atoms with Gasteiger partial charge in [0.1, 0.15) is 17.4 Å². The van der Waals surface area contributed by atoms with Crippen molar-refractivity contribution in [3.8, 4) is 5.75 Å². The average Bonchev–Trinajstić information content (AvgIpc) is 2.78. The number of allylic oxidation sites excluding steroid dienone is 2. The molecule has 0 spiro atoms. The van der Waals surface area contributed by atoms with Gasteiger partial charge in [0.15, 0.2) is 5.78 Å². The Morgan fingerprint density at radius 1 is 1.17 bits per heavy atom. The molecule has 3 N–H and O–H groups in total. The van der Waals surface area contributed by atoms with Gasteiger partial charge >= 0.3 is 0 Å². The van der Waals surface area contributed by atoms with Crippen LogP contribution in [0.4, 0.5) is 17.6 Å². The highest BCUT2D eigenvalue weighted by Crippen LogP contribution is 2.47. The third-order valence-corrected chi connectivity index (χ3v) is 6.01. The molecular formula is C22H25N5O3. The number of fused-ring (bicyclic) bond motifs is 1. The number of aromatic nitrogens is 2. The molecule has 2 aromatic rings. The maximum Gasteiger partial charge on any atom is 0.229 e. The number of nitrogens with one attached hydrogen (secondary N) is 1. The van der Waals surface area contributed by atoms with Crippen molar-refractivity contribution in [3.63, 3.8) is 0 Å². The van der Waals surface area contributed by atoms with Crippen molar-refractivity contribution >= 4 is 23.4 Å². The zero-order valence-corrected chi connectivity index (χ0v) is 17.0. The highest BCUT2D eigenvalue weighted by Gasteiger charge is 2.38. The van der Waals surface area contributed by atoms with Crippen molar-refractivity contribution in [3.05, 3.63) is 46.7 Å². The van der Waals surface area contributed by atoms with Crippen molar-refractivity contribution in [1.29, 1.82) is 0 Å². The van der Waals surface area contributed by atoms with Crippen LogP contribution in [0.25, 0.3) is 0 Å². The van der Waals surface area contributed by atoms with E-state index < -0.39 is 0 Å². The second kappa shape index (κ2) is 7.60. The van der Waals surface area contributed by atoms with Crippen molar-refractivity contribution in [2.24, 2.45) is 0 Å². The summed E-state index contributed by atoms with van der Waals surface area (Å²) in [5.41, 5.74) is 9.98. The molecule has 1 unspecified atom stereocenters. The SMILES string of the molecule is COc1ccc(C2C3=C(CCCC3=O)Nc3nc(N4CCOCC4)nc(N)c32)cc1. The minimum Gasteiger partial charge on any atom is -0.497 e. The summed E-state index contributed by atoms with van der Waals surface area (Å²) < 4.78 is 10.7. The standard InChI is InChI=1S/C22H25N5O3/c1-29-14-7-5-13(6-8-14)17-18-15(3-2-4-16(18)28)24-21-19(17)20(23)25-22(26-21)27-9-11-30-12-10-27/h5-8,17H,2-4,9-12H2,1H3,(H3,23,24,25,26). The maximum atomic E-state index is 12.9. The van der Waals surface area contributed by atoms with Gasteiger partial charge in [0, 0.05) is 42.3 Å². The lowest BCUT2D eigenvalue weighted by Gasteiger charge is -2.35. The molecular weight excluding hydrogens is 382 g/mol. The summed E-state index contributed by atoms with van der Waals surface area (Å²) in [6.45, 7) is 2.75. The van der Waals surface area contributed by atoms with Gasteiger partial charge in [0.05, 0.1) is 20.3 Å². The number of nitrogens with two attached hydrogens (primary N) is 1. The summed E-state index contributed by atoms with van der Waals surface area (Å²) in [5.74, 6) is 2.34. The molecule has 0 saturated carbocycles. The Morgan fingerprint density at radius 2 is 1.93 bits per heavy atom. The summed E-state index contributed by atoms with van der Waals surface area (Å²) >= 11 is 0. The summed E-state index contributed by atoms with van der Waals surface area (Å²) in [6.07, 6.45) is 2.21. The predicted molar refractivity (Wildman–Crippen MR) is 114 cm³/mol. The predicted octanol–water partition coefficient (Wildman–Crippen LogP) is 2.47. The monoisotopic (exact) mass is 407 g/mol. The van der Waals surface area contributed by atoms with Gasteiger partial charge in [0.25, 0.3) is 0 Å². The molecule has 8 heteroatoms. The minimum atomic E-state index is -0.284. The quantitative estimate of drug-likeness (QED) is 0.800. The van der Waals surface area contributed by atoms with Gasteiger partial charge in [-0.2, -0.15) is 9.97 Å². The van der Waals surface area contributed by atoms with Crippen LogP contribution in [-0.2, 0) is 9.53 Å². The van der Waals surface area contributed by atoms with Gasteiger partial charge in [-0.3, -0.25) is 4.79 Å². The molecule has 0 radical (unpaired) electrons. The zero-order chi connectivity index (χ0) is 20.7. The molecule has 0 amide bonds. The van der Waals surface area contributed by atoms with Gasteiger partial charge in [-0.15, -0.1) is 0 Å². The van der Waals surface area contributed by atoms with E-state index in [9.17, 15) is 4.79 Å². The topological polar surface area (TPSA) is 103 Å². The number of hydrogen-bond donors (Lipinski definition) is 2. The number of ketones is 1. The fraction of sp³-hybridized carbons (Fsp3) is 0.409. The molecule has 1 atom stereocenters. The molecule has 1 aromatic heterocycles. The molecule has 30 heavy (non-hydrogen) atoms. The van der Waals surface area contributed by atoms with Crippen LogP contribution in [0.15, 0.2) is 35.5 Å². The average molecular weight is 407 g/mol. The Labute approximate surface area is 175 Å². The van der Waals surface area contributed by atoms with Crippen LogP contribution >= 0.6 is 0 Å². The van der Waals surface area contributed by atoms with Crippen molar-refractivity contribution < 1.29 is 14.3 Å². The normalized spacial score (nSPS) is 21.0. The van der Waals surface area contributed by atoms with E-state index in [1.807, 2.05) is 24.3 Å². The largest absolute Gasteiger partial charge is 0.497 e. The number of morpholine rings is 1. The fourth-order valence-electron chi connectivity index (χ4n) is 4.50. The van der Waals surface area contributed by atoms with Crippen LogP contribution in [-0.4, -0.2) is 49.2 Å². The number of ether oxygens (including phenoxy) is 2. The first kappa shape index (κ1) is 18.9. The van der Waals surface area contributed by atoms with E-state index in [4.69, 9.17) is 20.2 Å². The van der Waals surface area contributed by atoms with E-state index >= 15 is 0 Å². The number of benzene rings is 1. The Balaban J connectivity index is 1.64. The highest BCUT2D eigenvalue weighted by molar-refractivity contribution is 6.01. The molecule has 156 valence electrons. The highest BCUT2D eigenvalue weighted by atomic mass is 16.5. The molecule has 8 nitrogen and oxygen atoms in total. The van der Waals surface area contributed by atoms with E-state index in [0.29, 0.717) is 37.2 Å². The molecule has 0 bridgehead atoms. The van der Waals surface area contributed by atoms with E-state index in [2.05, 4.69) is 15.2 Å². The first-order chi connectivity index (χ1) is 14.7. The lowest BCUT2D eigenvalue weighted by Crippen LogP contribution is -2.38. The minimum absolute atomic E-state index is 0.159. The van der Waals surface area contributed by atoms with Crippen molar-refractivity contribution in [1.82, 2.24) is 9.97 Å². The molecule has 2 aliphatic heterocycles. The zero-order valence-electron chi connectivity index (χ0n) is 17.0. The summed E-state index contributed by atoms with van der Waals surface area (Å²) in [6, 6.07) is 7.79. The van der Waals surface area contributed by atoms with Crippen LogP contribution in [0.1, 0.15) is 36.3 Å². The van der Waals surface area contributed by atoms with Gasteiger partial charge in [-0.1, -0.05) is 12.1 Å². The molecule has 1 saturated heterocycles. The number of anilines is 3. The summed E-state index contributed by atoms with van der Waals surface area (Å²) in [5, 5.41) is 3.42. The Kier molecular flexibility index (Phi) is 4.78. The molecule has 3 aliphatic rings. The maximum absolute atomic E-state index is 12.9. The third-order valence-electron chi connectivity index (χ3n) is 6.01. The third kappa shape index (κ3) is 3.17. The number of nitrogens with zero attached hydrogens (tertiary/aromatic N) is 3. The van der Waals surface area contributed by atoms with Crippen LogP contribution in [0.5, 0.6) is 5.75 Å². The second-order valence-electron chi connectivity index (χ2n) is 7.77. The number of Topliss-reactive ketones (excluding diaryl/α,β-unsaturated/α-hetero) is 1. The van der Waals surface area contributed by atoms with E-state index in [1.165, 1.54) is 0 Å². The number of carbonyl (C=O) groups excluding carboxylic acids is 1. The van der Waals surface area contributed by atoms with Gasteiger partial charge in [0.2, 0.25) is 5.95 Å². The molecule has 3 heterocycles. The van der Waals surface area contributed by atoms with E-state index in [0.717, 1.165) is 54.1 Å². The number of methoxy groups -OCH3 is 1. The van der Waals surface area contributed by atoms with Crippen LogP contribution in [0, 0.1) is 0 Å². The first-order valence-corrected chi connectivity index (χ1v) is 10.3. The summed E-state index contributed by atoms with van der Waals surface area (Å²) in [7, 11) is 1.64. The number of rotatable bonds is 3. The summed E-state index contributed by atoms with van der Waals surface area (Å²) in [4.78, 5) is 24.5. The smallest absolute Gasteiger partial charge is 0.229 e. The Bertz CT molecular complexity index is 1010. The fourth-order valence-corrected chi connectivity index (χ4v) is 4.50. The van der Waals surface area contributed by atoms with Crippen molar-refractivity contribution in [2.75, 3.05) is 49.4 Å². The lowest BCUT2D eigenvalue weighted by molar-refractivity contribution is -0.116. The van der Waals surface area contributed by atoms with Crippen molar-refractivity contribution in [2.45, 2.75) is 25.2 Å². The van der Waals surface area contributed by atoms with Gasteiger partial charge < -0.3 is 25.4 Å². The number of nitrogen functional groups attached to an aromatic ring is 1. The van der Waals surface area contributed by atoms with E-state index in [1.54, 1.807) is 7.11 Å². The van der Waals surface area contributed by atoms with Gasteiger partial charge in [-0.05, 0) is 30.5 Å². The molecule has 1 fully saturated rings. The molecule has 1 aromatic carbocycles. The first-order valence-electron chi connectivity index (χ1n) is 10.3. The van der Waals surface area contributed by atoms with Crippen LogP contribution < -0.4 is 20.7 Å². The number of hydrogen-bond acceptors (Lipinski definition) is 8. The van der Waals surface area contributed by atoms with Crippen LogP contribution in [0.2, 0.25) is 0 Å².